The Labute approximate surface area is 190 Å². The summed E-state index contributed by atoms with van der Waals surface area (Å²) >= 11 is 5.98. The van der Waals surface area contributed by atoms with Crippen LogP contribution < -0.4 is 15.1 Å². The lowest BCUT2D eigenvalue weighted by Crippen LogP contribution is -2.33. The van der Waals surface area contributed by atoms with Crippen molar-refractivity contribution in [3.8, 4) is 22.6 Å². The van der Waals surface area contributed by atoms with Crippen molar-refractivity contribution in [2.45, 2.75) is 13.0 Å². The fraction of sp³-hybridized carbons (Fsp3) is 0.192. The van der Waals surface area contributed by atoms with Crippen LogP contribution in [0.2, 0.25) is 5.02 Å². The van der Waals surface area contributed by atoms with Gasteiger partial charge in [-0.15, -0.1) is 0 Å². The summed E-state index contributed by atoms with van der Waals surface area (Å²) in [6, 6.07) is 21.0. The molecule has 6 heteroatoms. The van der Waals surface area contributed by atoms with Crippen molar-refractivity contribution in [3.63, 3.8) is 0 Å². The molecule has 0 amide bonds. The number of ether oxygens (including phenoxy) is 2. The van der Waals surface area contributed by atoms with E-state index in [1.165, 1.54) is 5.56 Å². The summed E-state index contributed by atoms with van der Waals surface area (Å²) in [7, 11) is 1.63. The Kier molecular flexibility index (Phi) is 5.60. The molecule has 0 spiro atoms. The second kappa shape index (κ2) is 8.69. The minimum atomic E-state index is -0.380. The lowest BCUT2D eigenvalue weighted by molar-refractivity contribution is 0.0968. The van der Waals surface area contributed by atoms with Gasteiger partial charge in [-0.3, -0.25) is 4.90 Å². The Balaban J connectivity index is 1.47. The Morgan fingerprint density at radius 2 is 1.81 bits per heavy atom. The molecule has 0 unspecified atom stereocenters. The molecule has 32 heavy (non-hydrogen) atoms. The number of hydrogen-bond acceptors (Lipinski definition) is 5. The number of fused-ring (bicyclic) bond motifs is 3. The molecule has 0 aliphatic carbocycles. The summed E-state index contributed by atoms with van der Waals surface area (Å²) in [5, 5.41) is 1.62. The van der Waals surface area contributed by atoms with E-state index in [2.05, 4.69) is 4.90 Å². The first kappa shape index (κ1) is 20.6. The first-order valence-corrected chi connectivity index (χ1v) is 10.8. The third kappa shape index (κ3) is 4.09. The summed E-state index contributed by atoms with van der Waals surface area (Å²) in [5.41, 5.74) is 4.08. The SMILES string of the molecule is COc1ccc(-c2cc(=O)oc3c4c(ccc23)OCN(CCc2ccc(Cl)cc2)C4)cc1. The van der Waals surface area contributed by atoms with E-state index in [9.17, 15) is 4.79 Å². The second-order valence-electron chi connectivity index (χ2n) is 7.83. The first-order valence-electron chi connectivity index (χ1n) is 10.4. The van der Waals surface area contributed by atoms with Gasteiger partial charge in [-0.05, 0) is 59.5 Å². The van der Waals surface area contributed by atoms with Gasteiger partial charge in [0, 0.05) is 29.6 Å². The number of hydrogen-bond donors (Lipinski definition) is 0. The standard InChI is InChI=1S/C26H22ClNO4/c1-30-20-8-4-18(5-9-20)22-14-25(29)32-26-21(22)10-11-24-23(26)15-28(16-31-24)13-12-17-2-6-19(27)7-3-17/h2-11,14H,12-13,15-16H2,1H3. The molecule has 0 radical (unpaired) electrons. The van der Waals surface area contributed by atoms with E-state index in [-0.39, 0.29) is 5.63 Å². The van der Waals surface area contributed by atoms with E-state index < -0.39 is 0 Å². The molecule has 1 aliphatic rings. The van der Waals surface area contributed by atoms with Crippen molar-refractivity contribution in [1.29, 1.82) is 0 Å². The quantitative estimate of drug-likeness (QED) is 0.377. The van der Waals surface area contributed by atoms with Crippen LogP contribution in [0.25, 0.3) is 22.1 Å². The molecule has 162 valence electrons. The molecule has 2 heterocycles. The number of halogens is 1. The highest BCUT2D eigenvalue weighted by Crippen LogP contribution is 2.36. The molecule has 4 aromatic rings. The summed E-state index contributed by atoms with van der Waals surface area (Å²) in [6.07, 6.45) is 0.877. The van der Waals surface area contributed by atoms with Crippen LogP contribution in [0, 0.1) is 0 Å². The van der Waals surface area contributed by atoms with Crippen molar-refractivity contribution in [3.05, 3.63) is 93.3 Å². The van der Waals surface area contributed by atoms with Crippen molar-refractivity contribution in [1.82, 2.24) is 4.90 Å². The van der Waals surface area contributed by atoms with E-state index in [1.54, 1.807) is 13.2 Å². The van der Waals surface area contributed by atoms with Gasteiger partial charge in [0.1, 0.15) is 23.8 Å². The molecule has 0 N–H and O–H groups in total. The van der Waals surface area contributed by atoms with Crippen LogP contribution in [0.15, 0.2) is 75.9 Å². The Morgan fingerprint density at radius 3 is 2.56 bits per heavy atom. The van der Waals surface area contributed by atoms with Crippen molar-refractivity contribution in [2.24, 2.45) is 0 Å². The number of benzene rings is 3. The van der Waals surface area contributed by atoms with Crippen LogP contribution in [0.1, 0.15) is 11.1 Å². The maximum Gasteiger partial charge on any atom is 0.336 e. The van der Waals surface area contributed by atoms with E-state index in [0.717, 1.165) is 51.6 Å². The van der Waals surface area contributed by atoms with E-state index in [1.807, 2.05) is 60.7 Å². The average Bonchev–Trinajstić information content (AvgIpc) is 2.83. The molecular formula is C26H22ClNO4. The van der Waals surface area contributed by atoms with Gasteiger partial charge in [0.15, 0.2) is 0 Å². The summed E-state index contributed by atoms with van der Waals surface area (Å²) in [4.78, 5) is 14.7. The van der Waals surface area contributed by atoms with E-state index in [0.29, 0.717) is 18.9 Å². The largest absolute Gasteiger partial charge is 0.497 e. The third-order valence-electron chi connectivity index (χ3n) is 5.79. The molecule has 0 fully saturated rings. The highest BCUT2D eigenvalue weighted by Gasteiger charge is 2.22. The van der Waals surface area contributed by atoms with Crippen LogP contribution in [0.5, 0.6) is 11.5 Å². The average molecular weight is 448 g/mol. The molecule has 0 bridgehead atoms. The molecule has 0 saturated carbocycles. The molecule has 1 aromatic heterocycles. The monoisotopic (exact) mass is 447 g/mol. The van der Waals surface area contributed by atoms with Gasteiger partial charge < -0.3 is 13.9 Å². The van der Waals surface area contributed by atoms with Gasteiger partial charge in [-0.1, -0.05) is 35.9 Å². The topological polar surface area (TPSA) is 51.9 Å². The molecule has 5 rings (SSSR count). The first-order chi connectivity index (χ1) is 15.6. The molecule has 0 atom stereocenters. The minimum Gasteiger partial charge on any atom is -0.497 e. The minimum absolute atomic E-state index is 0.380. The Morgan fingerprint density at radius 1 is 1.03 bits per heavy atom. The lowest BCUT2D eigenvalue weighted by atomic mass is 9.99. The Hall–Kier alpha value is -3.28. The zero-order valence-corrected chi connectivity index (χ0v) is 18.4. The van der Waals surface area contributed by atoms with Crippen LogP contribution in [-0.2, 0) is 13.0 Å². The van der Waals surface area contributed by atoms with Crippen molar-refractivity contribution in [2.75, 3.05) is 20.4 Å². The van der Waals surface area contributed by atoms with Gasteiger partial charge in [-0.2, -0.15) is 0 Å². The fourth-order valence-corrected chi connectivity index (χ4v) is 4.20. The van der Waals surface area contributed by atoms with Crippen LogP contribution >= 0.6 is 11.6 Å². The lowest BCUT2D eigenvalue weighted by Gasteiger charge is -2.29. The normalized spacial score (nSPS) is 13.6. The highest BCUT2D eigenvalue weighted by atomic mass is 35.5. The van der Waals surface area contributed by atoms with Crippen LogP contribution in [0.3, 0.4) is 0 Å². The van der Waals surface area contributed by atoms with Gasteiger partial charge in [0.25, 0.3) is 0 Å². The van der Waals surface area contributed by atoms with Crippen LogP contribution in [0.4, 0.5) is 0 Å². The maximum absolute atomic E-state index is 12.4. The van der Waals surface area contributed by atoms with E-state index in [4.69, 9.17) is 25.5 Å². The van der Waals surface area contributed by atoms with Crippen LogP contribution in [-0.4, -0.2) is 25.3 Å². The number of nitrogens with zero attached hydrogens (tertiary/aromatic N) is 1. The second-order valence-corrected chi connectivity index (χ2v) is 8.27. The van der Waals surface area contributed by atoms with Crippen molar-refractivity contribution < 1.29 is 13.9 Å². The predicted molar refractivity (Wildman–Crippen MR) is 126 cm³/mol. The number of methoxy groups -OCH3 is 1. The molecule has 0 saturated heterocycles. The zero-order valence-electron chi connectivity index (χ0n) is 17.6. The fourth-order valence-electron chi connectivity index (χ4n) is 4.07. The zero-order chi connectivity index (χ0) is 22.1. The Bertz CT molecular complexity index is 1310. The molecule has 5 nitrogen and oxygen atoms in total. The van der Waals surface area contributed by atoms with Gasteiger partial charge in [-0.25, -0.2) is 4.79 Å². The summed E-state index contributed by atoms with van der Waals surface area (Å²) in [5.74, 6) is 1.53. The van der Waals surface area contributed by atoms with E-state index >= 15 is 0 Å². The van der Waals surface area contributed by atoms with Gasteiger partial charge >= 0.3 is 5.63 Å². The molecular weight excluding hydrogens is 426 g/mol. The smallest absolute Gasteiger partial charge is 0.336 e. The summed E-state index contributed by atoms with van der Waals surface area (Å²) < 4.78 is 16.9. The summed E-state index contributed by atoms with van der Waals surface area (Å²) in [6.45, 7) is 1.96. The molecule has 3 aromatic carbocycles. The number of rotatable bonds is 5. The van der Waals surface area contributed by atoms with Gasteiger partial charge in [0.2, 0.25) is 0 Å². The maximum atomic E-state index is 12.4. The third-order valence-corrected chi connectivity index (χ3v) is 6.04. The van der Waals surface area contributed by atoms with Crippen molar-refractivity contribution >= 4 is 22.6 Å². The van der Waals surface area contributed by atoms with Gasteiger partial charge in [0.05, 0.1) is 12.7 Å². The molecule has 1 aliphatic heterocycles. The predicted octanol–water partition coefficient (Wildman–Crippen LogP) is 5.52. The highest BCUT2D eigenvalue weighted by molar-refractivity contribution is 6.30.